The van der Waals surface area contributed by atoms with Gasteiger partial charge < -0.3 is 9.53 Å². The molecule has 0 spiro atoms. The molecule has 228 valence electrons. The Morgan fingerprint density at radius 1 is 0.900 bits per heavy atom. The maximum absolute atomic E-state index is 13.9. The van der Waals surface area contributed by atoms with E-state index in [-0.39, 0.29) is 44.1 Å². The first-order valence-corrected chi connectivity index (χ1v) is 19.7. The van der Waals surface area contributed by atoms with Crippen molar-refractivity contribution < 1.29 is 14.3 Å². The van der Waals surface area contributed by atoms with Crippen molar-refractivity contribution in [1.82, 2.24) is 0 Å². The van der Waals surface area contributed by atoms with Crippen LogP contribution in [0.15, 0.2) is 11.1 Å². The van der Waals surface area contributed by atoms with E-state index in [0.29, 0.717) is 30.0 Å². The molecule has 0 heterocycles. The molecule has 3 nitrogen and oxygen atoms in total. The molecule has 0 aliphatic heterocycles. The molecule has 5 aliphatic rings. The Bertz CT molecular complexity index is 1080. The van der Waals surface area contributed by atoms with Crippen molar-refractivity contribution in [2.24, 2.45) is 50.7 Å². The van der Waals surface area contributed by atoms with Gasteiger partial charge >= 0.3 is 0 Å². The molecule has 8 atom stereocenters. The molecule has 0 amide bonds. The molecule has 0 radical (unpaired) electrons. The quantitative estimate of drug-likeness (QED) is 0.343. The molecule has 0 aromatic heterocycles. The topological polar surface area (TPSA) is 46.5 Å². The number of aliphatic hydroxyl groups is 1. The van der Waals surface area contributed by atoms with Gasteiger partial charge in [-0.2, -0.15) is 0 Å². The van der Waals surface area contributed by atoms with Crippen LogP contribution < -0.4 is 0 Å². The minimum atomic E-state index is -1.93. The average Bonchev–Trinajstić information content (AvgIpc) is 3.13. The second-order valence-electron chi connectivity index (χ2n) is 18.4. The van der Waals surface area contributed by atoms with Crippen LogP contribution in [0.2, 0.25) is 18.1 Å². The number of ketones is 1. The van der Waals surface area contributed by atoms with E-state index in [1.807, 2.05) is 0 Å². The Morgan fingerprint density at radius 3 is 2.15 bits per heavy atom. The van der Waals surface area contributed by atoms with Gasteiger partial charge in [0, 0.05) is 18.4 Å². The molecule has 40 heavy (non-hydrogen) atoms. The Morgan fingerprint density at radius 2 is 1.55 bits per heavy atom. The molecular weight excluding hydrogens is 508 g/mol. The molecular formula is C36H62O3Si. The first-order valence-electron chi connectivity index (χ1n) is 16.8. The second kappa shape index (κ2) is 9.27. The molecule has 0 aromatic carbocycles. The number of carbonyl (C=O) groups is 1. The lowest BCUT2D eigenvalue weighted by Crippen LogP contribution is -2.65. The normalized spacial score (nSPS) is 45.2. The van der Waals surface area contributed by atoms with Crippen LogP contribution in [-0.4, -0.2) is 31.9 Å². The smallest absolute Gasteiger partial charge is 0.192 e. The van der Waals surface area contributed by atoms with Gasteiger partial charge in [0.05, 0.1) is 6.10 Å². The maximum atomic E-state index is 13.9. The summed E-state index contributed by atoms with van der Waals surface area (Å²) in [5.41, 5.74) is 3.35. The molecule has 4 saturated carbocycles. The molecule has 0 unspecified atom stereocenters. The van der Waals surface area contributed by atoms with Crippen molar-refractivity contribution in [3.8, 4) is 0 Å². The molecule has 4 heteroatoms. The lowest BCUT2D eigenvalue weighted by Gasteiger charge is -2.72. The fourth-order valence-corrected chi connectivity index (χ4v) is 12.5. The van der Waals surface area contributed by atoms with Crippen molar-refractivity contribution in [3.05, 3.63) is 11.1 Å². The lowest BCUT2D eigenvalue weighted by molar-refractivity contribution is -0.229. The fourth-order valence-electron chi connectivity index (χ4n) is 11.4. The number of fused-ring (bicyclic) bond motifs is 7. The highest BCUT2D eigenvalue weighted by atomic mass is 28.4. The van der Waals surface area contributed by atoms with Gasteiger partial charge in [0.25, 0.3) is 0 Å². The first-order chi connectivity index (χ1) is 18.2. The third kappa shape index (κ3) is 4.03. The zero-order valence-corrected chi connectivity index (χ0v) is 29.2. The van der Waals surface area contributed by atoms with Gasteiger partial charge in [0.1, 0.15) is 0 Å². The predicted octanol–water partition coefficient (Wildman–Crippen LogP) is 9.35. The van der Waals surface area contributed by atoms with Crippen molar-refractivity contribution in [3.63, 3.8) is 0 Å². The number of rotatable bonds is 4. The monoisotopic (exact) mass is 570 g/mol. The lowest BCUT2D eigenvalue weighted by atomic mass is 9.33. The van der Waals surface area contributed by atoms with Crippen LogP contribution >= 0.6 is 0 Å². The third-order valence-corrected chi connectivity index (χ3v) is 19.5. The van der Waals surface area contributed by atoms with E-state index in [2.05, 4.69) is 82.3 Å². The van der Waals surface area contributed by atoms with Crippen molar-refractivity contribution in [1.29, 1.82) is 0 Å². The highest BCUT2D eigenvalue weighted by molar-refractivity contribution is 6.74. The van der Waals surface area contributed by atoms with E-state index in [1.54, 1.807) is 5.57 Å². The Kier molecular flexibility index (Phi) is 7.18. The van der Waals surface area contributed by atoms with Crippen LogP contribution in [0, 0.1) is 50.7 Å². The summed E-state index contributed by atoms with van der Waals surface area (Å²) in [7, 11) is -1.93. The summed E-state index contributed by atoms with van der Waals surface area (Å²) in [6.07, 6.45) is 9.85. The van der Waals surface area contributed by atoms with Gasteiger partial charge in [0.2, 0.25) is 0 Å². The number of hydrogen-bond donors (Lipinski definition) is 1. The number of hydrogen-bond acceptors (Lipinski definition) is 3. The number of allylic oxidation sites excluding steroid dienone is 1. The van der Waals surface area contributed by atoms with Gasteiger partial charge in [-0.1, -0.05) is 74.8 Å². The largest absolute Gasteiger partial charge is 0.416 e. The van der Waals surface area contributed by atoms with Gasteiger partial charge in [-0.15, -0.1) is 0 Å². The summed E-state index contributed by atoms with van der Waals surface area (Å²) in [5.74, 6) is 2.44. The fraction of sp³-hybridized carbons (Fsp3) is 0.917. The zero-order valence-electron chi connectivity index (χ0n) is 28.2. The predicted molar refractivity (Wildman–Crippen MR) is 169 cm³/mol. The summed E-state index contributed by atoms with van der Waals surface area (Å²) in [6, 6.07) is 0. The molecule has 5 rings (SSSR count). The van der Waals surface area contributed by atoms with Crippen LogP contribution in [0.1, 0.15) is 127 Å². The van der Waals surface area contributed by atoms with E-state index >= 15 is 0 Å². The van der Waals surface area contributed by atoms with Crippen LogP contribution in [-0.2, 0) is 9.22 Å². The van der Waals surface area contributed by atoms with Crippen LogP contribution in [0.4, 0.5) is 0 Å². The Hall–Kier alpha value is -0.453. The summed E-state index contributed by atoms with van der Waals surface area (Å²) >= 11 is 0. The standard InChI is InChI=1S/C36H62O3Si/c1-23(2)29-25(37)21-36(22-39-40(11,12)31(3,4)5)20-19-34(9)24(30(29)36)13-14-27-33(8)17-16-28(38)32(6,7)26(33)15-18-35(27,34)10/h23-24,26-28,38H,13-22H2,1-12H3/t24-,26+,27-,28+,33+,34-,35-,36+/m1/s1. The summed E-state index contributed by atoms with van der Waals surface area (Å²) in [5, 5.41) is 11.2. The summed E-state index contributed by atoms with van der Waals surface area (Å²) < 4.78 is 7.01. The third-order valence-electron chi connectivity index (χ3n) is 15.1. The van der Waals surface area contributed by atoms with E-state index < -0.39 is 8.32 Å². The van der Waals surface area contributed by atoms with Gasteiger partial charge in [-0.3, -0.25) is 4.79 Å². The zero-order chi connectivity index (χ0) is 29.9. The number of aliphatic hydroxyl groups excluding tert-OH is 1. The molecule has 0 saturated heterocycles. The molecule has 5 aliphatic carbocycles. The van der Waals surface area contributed by atoms with E-state index in [4.69, 9.17) is 4.43 Å². The minimum Gasteiger partial charge on any atom is -0.416 e. The average molecular weight is 571 g/mol. The van der Waals surface area contributed by atoms with Gasteiger partial charge in [-0.25, -0.2) is 0 Å². The number of Topliss-reactive ketones (excluding diaryl/α,β-unsaturated/α-hetero) is 1. The Balaban J connectivity index is 1.55. The first kappa shape index (κ1) is 31.0. The van der Waals surface area contributed by atoms with Crippen LogP contribution in [0.3, 0.4) is 0 Å². The molecule has 0 aromatic rings. The van der Waals surface area contributed by atoms with Crippen molar-refractivity contribution in [2.45, 2.75) is 151 Å². The maximum Gasteiger partial charge on any atom is 0.192 e. The summed E-state index contributed by atoms with van der Waals surface area (Å²) in [6.45, 7) is 29.6. The highest BCUT2D eigenvalue weighted by Crippen LogP contribution is 2.76. The SMILES string of the molecule is CC(C)C1=C2[C@H]3CC[C@@H]4[C@@]5(C)CC[C@H](O)C(C)(C)[C@@H]5CC[C@@]4(C)[C@]3(C)CC[C@@]2(CO[Si](C)(C)C(C)(C)C)CC1=O. The van der Waals surface area contributed by atoms with Gasteiger partial charge in [-0.05, 0) is 120 Å². The van der Waals surface area contributed by atoms with Crippen LogP contribution in [0.25, 0.3) is 0 Å². The molecule has 0 bridgehead atoms. The Labute approximate surface area is 247 Å². The van der Waals surface area contributed by atoms with Crippen molar-refractivity contribution in [2.75, 3.05) is 6.61 Å². The number of carbonyl (C=O) groups excluding carboxylic acids is 1. The highest BCUT2D eigenvalue weighted by Gasteiger charge is 2.70. The van der Waals surface area contributed by atoms with E-state index in [0.717, 1.165) is 25.9 Å². The molecule has 1 N–H and O–H groups in total. The van der Waals surface area contributed by atoms with E-state index in [1.165, 1.54) is 37.7 Å². The molecule has 4 fully saturated rings. The van der Waals surface area contributed by atoms with E-state index in [9.17, 15) is 9.90 Å². The second-order valence-corrected chi connectivity index (χ2v) is 23.2. The minimum absolute atomic E-state index is 0.0138. The summed E-state index contributed by atoms with van der Waals surface area (Å²) in [4.78, 5) is 13.9. The van der Waals surface area contributed by atoms with Crippen molar-refractivity contribution >= 4 is 14.1 Å². The van der Waals surface area contributed by atoms with Crippen LogP contribution in [0.5, 0.6) is 0 Å². The van der Waals surface area contributed by atoms with Gasteiger partial charge in [0.15, 0.2) is 14.1 Å².